The summed E-state index contributed by atoms with van der Waals surface area (Å²) < 4.78 is 0. The quantitative estimate of drug-likeness (QED) is 0.613. The Morgan fingerprint density at radius 2 is 1.86 bits per heavy atom. The van der Waals surface area contributed by atoms with E-state index in [1.165, 1.54) is 0 Å². The average molecular weight is 255 g/mol. The smallest absolute Gasteiger partial charge is 0.150 e. The van der Waals surface area contributed by atoms with Crippen molar-refractivity contribution in [2.75, 3.05) is 0 Å². The first-order chi connectivity index (χ1) is 6.70. The van der Waals surface area contributed by atoms with Gasteiger partial charge in [0.05, 0.1) is 4.83 Å². The van der Waals surface area contributed by atoms with Gasteiger partial charge in [0.2, 0.25) is 0 Å². The Kier molecular flexibility index (Phi) is 1.24. The third-order valence-corrected chi connectivity index (χ3v) is 6.20. The lowest BCUT2D eigenvalue weighted by Gasteiger charge is -2.23. The highest BCUT2D eigenvalue weighted by molar-refractivity contribution is 9.10. The SMILES string of the molecule is O=C1CC2C3CC4C(C(=O)C(Br)C24)C13. The van der Waals surface area contributed by atoms with Crippen molar-refractivity contribution >= 4 is 27.5 Å². The predicted molar refractivity (Wildman–Crippen MR) is 52.9 cm³/mol. The number of ketones is 2. The molecule has 0 spiro atoms. The van der Waals surface area contributed by atoms with Gasteiger partial charge >= 0.3 is 0 Å². The molecule has 4 fully saturated rings. The van der Waals surface area contributed by atoms with Crippen LogP contribution >= 0.6 is 15.9 Å². The van der Waals surface area contributed by atoms with E-state index in [4.69, 9.17) is 0 Å². The molecule has 0 radical (unpaired) electrons. The lowest BCUT2D eigenvalue weighted by atomic mass is 9.79. The Bertz CT molecular complexity index is 362. The van der Waals surface area contributed by atoms with Crippen LogP contribution in [-0.4, -0.2) is 16.4 Å². The van der Waals surface area contributed by atoms with Crippen LogP contribution in [0.15, 0.2) is 0 Å². The third kappa shape index (κ3) is 0.605. The van der Waals surface area contributed by atoms with E-state index >= 15 is 0 Å². The summed E-state index contributed by atoms with van der Waals surface area (Å²) in [7, 11) is 0. The largest absolute Gasteiger partial charge is 0.299 e. The second-order valence-corrected chi connectivity index (χ2v) is 6.32. The van der Waals surface area contributed by atoms with Crippen LogP contribution in [0.1, 0.15) is 12.8 Å². The fourth-order valence-electron chi connectivity index (χ4n) is 4.87. The van der Waals surface area contributed by atoms with Gasteiger partial charge < -0.3 is 0 Å². The van der Waals surface area contributed by atoms with Crippen LogP contribution in [0.2, 0.25) is 0 Å². The van der Waals surface area contributed by atoms with Crippen molar-refractivity contribution in [2.24, 2.45) is 35.5 Å². The lowest BCUT2D eigenvalue weighted by molar-refractivity contribution is -0.129. The monoisotopic (exact) mass is 254 g/mol. The topological polar surface area (TPSA) is 34.1 Å². The molecule has 4 aliphatic carbocycles. The molecule has 0 aromatic heterocycles. The first-order valence-corrected chi connectivity index (χ1v) is 6.32. The first-order valence-electron chi connectivity index (χ1n) is 5.40. The zero-order chi connectivity index (χ0) is 9.61. The van der Waals surface area contributed by atoms with E-state index in [0.717, 1.165) is 12.8 Å². The van der Waals surface area contributed by atoms with Crippen LogP contribution < -0.4 is 0 Å². The van der Waals surface area contributed by atoms with E-state index in [-0.39, 0.29) is 16.7 Å². The molecule has 7 unspecified atom stereocenters. The fourth-order valence-corrected chi connectivity index (χ4v) is 5.96. The Morgan fingerprint density at radius 3 is 2.64 bits per heavy atom. The van der Waals surface area contributed by atoms with Crippen LogP contribution in [0.5, 0.6) is 0 Å². The number of Topliss-reactive ketones (excluding diaryl/α,β-unsaturated/α-hetero) is 2. The molecule has 0 amide bonds. The Morgan fingerprint density at radius 1 is 1.07 bits per heavy atom. The minimum Gasteiger partial charge on any atom is -0.299 e. The van der Waals surface area contributed by atoms with Crippen molar-refractivity contribution < 1.29 is 9.59 Å². The summed E-state index contributed by atoms with van der Waals surface area (Å²) in [4.78, 5) is 23.8. The Hall–Kier alpha value is -0.180. The summed E-state index contributed by atoms with van der Waals surface area (Å²) in [6, 6.07) is 0. The molecule has 4 aliphatic rings. The number of carbonyl (C=O) groups excluding carboxylic acids is 2. The molecule has 0 aromatic rings. The molecule has 74 valence electrons. The van der Waals surface area contributed by atoms with Crippen LogP contribution in [-0.2, 0) is 9.59 Å². The summed E-state index contributed by atoms with van der Waals surface area (Å²) in [6.07, 6.45) is 1.92. The maximum absolute atomic E-state index is 12.0. The maximum atomic E-state index is 12.0. The van der Waals surface area contributed by atoms with E-state index in [9.17, 15) is 9.59 Å². The van der Waals surface area contributed by atoms with E-state index in [1.54, 1.807) is 0 Å². The Labute approximate surface area is 90.6 Å². The van der Waals surface area contributed by atoms with Crippen LogP contribution in [0.25, 0.3) is 0 Å². The highest BCUT2D eigenvalue weighted by Crippen LogP contribution is 2.69. The number of rotatable bonds is 0. The molecule has 4 rings (SSSR count). The second-order valence-electron chi connectivity index (χ2n) is 5.33. The molecule has 0 aromatic carbocycles. The van der Waals surface area contributed by atoms with E-state index < -0.39 is 0 Å². The number of hydrogen-bond acceptors (Lipinski definition) is 2. The van der Waals surface area contributed by atoms with Gasteiger partial charge in [0.25, 0.3) is 0 Å². The molecule has 2 nitrogen and oxygen atoms in total. The molecule has 4 saturated carbocycles. The number of alkyl halides is 1. The minimum atomic E-state index is 0.0746. The van der Waals surface area contributed by atoms with Crippen molar-refractivity contribution in [1.29, 1.82) is 0 Å². The normalized spacial score (nSPS) is 63.1. The molecular formula is C11H11BrO2. The van der Waals surface area contributed by atoms with E-state index in [0.29, 0.717) is 35.2 Å². The van der Waals surface area contributed by atoms with Gasteiger partial charge in [0, 0.05) is 18.3 Å². The van der Waals surface area contributed by atoms with Crippen LogP contribution in [0.4, 0.5) is 0 Å². The summed E-state index contributed by atoms with van der Waals surface area (Å²) >= 11 is 3.54. The summed E-state index contributed by atoms with van der Waals surface area (Å²) in [5, 5.41) is 0. The number of halogens is 1. The van der Waals surface area contributed by atoms with Crippen molar-refractivity contribution in [3.8, 4) is 0 Å². The van der Waals surface area contributed by atoms with Gasteiger partial charge in [-0.1, -0.05) is 15.9 Å². The van der Waals surface area contributed by atoms with E-state index in [2.05, 4.69) is 15.9 Å². The van der Waals surface area contributed by atoms with Crippen molar-refractivity contribution in [1.82, 2.24) is 0 Å². The van der Waals surface area contributed by atoms with Gasteiger partial charge in [-0.2, -0.15) is 0 Å². The van der Waals surface area contributed by atoms with Gasteiger partial charge in [-0.25, -0.2) is 0 Å². The molecule has 0 aliphatic heterocycles. The number of carbonyl (C=O) groups is 2. The number of fused-ring (bicyclic) bond motifs is 2. The van der Waals surface area contributed by atoms with Gasteiger partial charge in [0.1, 0.15) is 5.78 Å². The zero-order valence-corrected chi connectivity index (χ0v) is 9.24. The van der Waals surface area contributed by atoms with Crippen LogP contribution in [0, 0.1) is 35.5 Å². The van der Waals surface area contributed by atoms with Crippen LogP contribution in [0.3, 0.4) is 0 Å². The minimum absolute atomic E-state index is 0.0746. The third-order valence-electron chi connectivity index (χ3n) is 5.14. The highest BCUT2D eigenvalue weighted by Gasteiger charge is 2.71. The van der Waals surface area contributed by atoms with Crippen molar-refractivity contribution in [3.05, 3.63) is 0 Å². The maximum Gasteiger partial charge on any atom is 0.150 e. The predicted octanol–water partition coefficient (Wildman–Crippen LogP) is 1.42. The molecule has 7 atom stereocenters. The molecule has 0 saturated heterocycles. The van der Waals surface area contributed by atoms with Gasteiger partial charge in [-0.3, -0.25) is 9.59 Å². The van der Waals surface area contributed by atoms with E-state index in [1.807, 2.05) is 0 Å². The molecule has 2 bridgehead atoms. The van der Waals surface area contributed by atoms with Gasteiger partial charge in [0.15, 0.2) is 5.78 Å². The molecule has 0 N–H and O–H groups in total. The average Bonchev–Trinajstić information content (AvgIpc) is 2.76. The zero-order valence-electron chi connectivity index (χ0n) is 7.65. The summed E-state index contributed by atoms with van der Waals surface area (Å²) in [5.74, 6) is 3.15. The lowest BCUT2D eigenvalue weighted by Crippen LogP contribution is -2.26. The van der Waals surface area contributed by atoms with Gasteiger partial charge in [-0.05, 0) is 30.1 Å². The molecular weight excluding hydrogens is 244 g/mol. The van der Waals surface area contributed by atoms with Crippen molar-refractivity contribution in [3.63, 3.8) is 0 Å². The molecule has 14 heavy (non-hydrogen) atoms. The second kappa shape index (κ2) is 2.16. The van der Waals surface area contributed by atoms with Gasteiger partial charge in [-0.15, -0.1) is 0 Å². The first kappa shape index (κ1) is 8.03. The summed E-state index contributed by atoms with van der Waals surface area (Å²) in [6.45, 7) is 0. The van der Waals surface area contributed by atoms with Crippen molar-refractivity contribution in [2.45, 2.75) is 17.7 Å². The molecule has 3 heteroatoms. The fraction of sp³-hybridized carbons (Fsp3) is 0.818. The standard InChI is InChI=1S/C11H11BrO2/c12-10-7-4-2-6(13)8-3(4)1-5(7)9(8)11(10)14/h3-5,7-10H,1-2H2. The Balaban J connectivity index is 1.93. The highest BCUT2D eigenvalue weighted by atomic mass is 79.9. The molecule has 0 heterocycles. The summed E-state index contributed by atoms with van der Waals surface area (Å²) in [5.41, 5.74) is 0. The number of hydrogen-bond donors (Lipinski definition) is 0.